The number of carbonyl (C=O) groups is 2. The SMILES string of the molecule is Cc1noc(C)c1C(=O)NCCn1nc(C(=O)N2CCCC2)c2c1CCOC2. The molecular weight excluding hydrogens is 362 g/mol. The van der Waals surface area contributed by atoms with Gasteiger partial charge in [-0.2, -0.15) is 5.10 Å². The summed E-state index contributed by atoms with van der Waals surface area (Å²) in [6.07, 6.45) is 2.80. The molecule has 0 spiro atoms. The van der Waals surface area contributed by atoms with Gasteiger partial charge in [0.05, 0.1) is 25.5 Å². The standard InChI is InChI=1S/C19H25N5O4/c1-12-16(13(2)28-22-12)18(25)20-6-9-24-15-5-10-27-11-14(15)17(21-24)19(26)23-7-3-4-8-23/h3-11H2,1-2H3,(H,20,25). The first kappa shape index (κ1) is 18.7. The molecule has 9 nitrogen and oxygen atoms in total. The van der Waals surface area contributed by atoms with E-state index in [1.54, 1.807) is 13.8 Å². The lowest BCUT2D eigenvalue weighted by Gasteiger charge is -2.17. The molecule has 4 rings (SSSR count). The normalized spacial score (nSPS) is 16.3. The van der Waals surface area contributed by atoms with Crippen LogP contribution in [0.15, 0.2) is 4.52 Å². The molecule has 0 atom stereocenters. The number of aryl methyl sites for hydroxylation is 2. The van der Waals surface area contributed by atoms with E-state index in [9.17, 15) is 9.59 Å². The second kappa shape index (κ2) is 7.75. The number of ether oxygens (including phenoxy) is 1. The number of fused-ring (bicyclic) bond motifs is 1. The van der Waals surface area contributed by atoms with Crippen molar-refractivity contribution >= 4 is 11.8 Å². The summed E-state index contributed by atoms with van der Waals surface area (Å²) in [5.74, 6) is 0.272. The zero-order valence-corrected chi connectivity index (χ0v) is 16.3. The molecule has 0 aliphatic carbocycles. The molecule has 2 amide bonds. The van der Waals surface area contributed by atoms with Crippen molar-refractivity contribution in [2.24, 2.45) is 0 Å². The summed E-state index contributed by atoms with van der Waals surface area (Å²) in [7, 11) is 0. The molecule has 2 aliphatic rings. The van der Waals surface area contributed by atoms with Crippen LogP contribution < -0.4 is 5.32 Å². The quantitative estimate of drug-likeness (QED) is 0.828. The molecule has 1 N–H and O–H groups in total. The minimum absolute atomic E-state index is 0.0160. The Hall–Kier alpha value is -2.68. The topological polar surface area (TPSA) is 102 Å². The van der Waals surface area contributed by atoms with Crippen LogP contribution in [0.5, 0.6) is 0 Å². The Morgan fingerprint density at radius 3 is 2.71 bits per heavy atom. The predicted octanol–water partition coefficient (Wildman–Crippen LogP) is 1.23. The first-order valence-corrected chi connectivity index (χ1v) is 9.73. The van der Waals surface area contributed by atoms with Crippen LogP contribution in [0.2, 0.25) is 0 Å². The fraction of sp³-hybridized carbons (Fsp3) is 0.579. The van der Waals surface area contributed by atoms with E-state index >= 15 is 0 Å². The third-order valence-corrected chi connectivity index (χ3v) is 5.36. The molecule has 2 aromatic rings. The Morgan fingerprint density at radius 2 is 2.00 bits per heavy atom. The lowest BCUT2D eigenvalue weighted by Crippen LogP contribution is -2.29. The van der Waals surface area contributed by atoms with Crippen LogP contribution in [0.25, 0.3) is 0 Å². The third-order valence-electron chi connectivity index (χ3n) is 5.36. The average Bonchev–Trinajstić information content (AvgIpc) is 3.41. The molecule has 0 unspecified atom stereocenters. The Balaban J connectivity index is 1.47. The minimum Gasteiger partial charge on any atom is -0.376 e. The summed E-state index contributed by atoms with van der Waals surface area (Å²) >= 11 is 0. The summed E-state index contributed by atoms with van der Waals surface area (Å²) in [5, 5.41) is 11.3. The van der Waals surface area contributed by atoms with E-state index in [2.05, 4.69) is 15.6 Å². The van der Waals surface area contributed by atoms with Gasteiger partial charge in [-0.25, -0.2) is 0 Å². The fourth-order valence-electron chi connectivity index (χ4n) is 3.91. The van der Waals surface area contributed by atoms with Crippen LogP contribution in [0.1, 0.15) is 56.4 Å². The molecule has 0 saturated carbocycles. The Kier molecular flexibility index (Phi) is 5.17. The highest BCUT2D eigenvalue weighted by molar-refractivity contribution is 5.96. The summed E-state index contributed by atoms with van der Waals surface area (Å²) in [4.78, 5) is 27.1. The van der Waals surface area contributed by atoms with Gasteiger partial charge in [-0.3, -0.25) is 14.3 Å². The Bertz CT molecular complexity index is 875. The van der Waals surface area contributed by atoms with Gasteiger partial charge in [-0.1, -0.05) is 5.16 Å². The monoisotopic (exact) mass is 387 g/mol. The van der Waals surface area contributed by atoms with Crippen LogP contribution in [-0.2, 0) is 24.3 Å². The lowest BCUT2D eigenvalue weighted by molar-refractivity contribution is 0.0772. The first-order chi connectivity index (χ1) is 13.6. The predicted molar refractivity (Wildman–Crippen MR) is 99.0 cm³/mol. The van der Waals surface area contributed by atoms with Crippen molar-refractivity contribution < 1.29 is 18.8 Å². The zero-order chi connectivity index (χ0) is 19.7. The summed E-state index contributed by atoms with van der Waals surface area (Å²) in [6, 6.07) is 0. The number of hydrogen-bond donors (Lipinski definition) is 1. The van der Waals surface area contributed by atoms with Gasteiger partial charge in [0.1, 0.15) is 11.3 Å². The van der Waals surface area contributed by atoms with Gasteiger partial charge in [-0.05, 0) is 26.7 Å². The molecule has 0 aromatic carbocycles. The number of nitrogens with one attached hydrogen (secondary N) is 1. The molecule has 4 heterocycles. The van der Waals surface area contributed by atoms with Crippen LogP contribution in [0.4, 0.5) is 0 Å². The third kappa shape index (κ3) is 3.42. The van der Waals surface area contributed by atoms with Gasteiger partial charge in [0.15, 0.2) is 5.69 Å². The van der Waals surface area contributed by atoms with Crippen molar-refractivity contribution in [2.45, 2.75) is 46.3 Å². The van der Waals surface area contributed by atoms with Crippen molar-refractivity contribution in [3.05, 3.63) is 34.0 Å². The number of likely N-dealkylation sites (tertiary alicyclic amines) is 1. The Morgan fingerprint density at radius 1 is 1.21 bits per heavy atom. The molecule has 9 heteroatoms. The van der Waals surface area contributed by atoms with Gasteiger partial charge in [0.25, 0.3) is 11.8 Å². The van der Waals surface area contributed by atoms with Crippen LogP contribution in [-0.4, -0.2) is 57.9 Å². The number of carbonyl (C=O) groups excluding carboxylic acids is 2. The van der Waals surface area contributed by atoms with Gasteiger partial charge < -0.3 is 19.5 Å². The van der Waals surface area contributed by atoms with Crippen molar-refractivity contribution in [1.82, 2.24) is 25.2 Å². The van der Waals surface area contributed by atoms with Crippen molar-refractivity contribution in [3.8, 4) is 0 Å². The maximum Gasteiger partial charge on any atom is 0.274 e. The van der Waals surface area contributed by atoms with Gasteiger partial charge in [0, 0.05) is 37.3 Å². The number of rotatable bonds is 5. The van der Waals surface area contributed by atoms with E-state index in [0.29, 0.717) is 55.4 Å². The molecule has 0 bridgehead atoms. The van der Waals surface area contributed by atoms with Crippen LogP contribution in [0.3, 0.4) is 0 Å². The summed E-state index contributed by atoms with van der Waals surface area (Å²) in [5.41, 5.74) is 3.46. The number of nitrogens with zero attached hydrogens (tertiary/aromatic N) is 4. The lowest BCUT2D eigenvalue weighted by atomic mass is 10.1. The molecule has 2 aliphatic heterocycles. The first-order valence-electron chi connectivity index (χ1n) is 9.73. The summed E-state index contributed by atoms with van der Waals surface area (Å²) in [6.45, 7) is 6.95. The molecule has 150 valence electrons. The summed E-state index contributed by atoms with van der Waals surface area (Å²) < 4.78 is 12.5. The van der Waals surface area contributed by atoms with Gasteiger partial charge in [0.2, 0.25) is 0 Å². The highest BCUT2D eigenvalue weighted by Crippen LogP contribution is 2.23. The van der Waals surface area contributed by atoms with E-state index < -0.39 is 0 Å². The zero-order valence-electron chi connectivity index (χ0n) is 16.3. The molecule has 1 saturated heterocycles. The smallest absolute Gasteiger partial charge is 0.274 e. The maximum atomic E-state index is 12.9. The van der Waals surface area contributed by atoms with Gasteiger partial charge >= 0.3 is 0 Å². The molecule has 28 heavy (non-hydrogen) atoms. The maximum absolute atomic E-state index is 12.9. The molecule has 2 aromatic heterocycles. The molecule has 1 fully saturated rings. The molecule has 0 radical (unpaired) electrons. The van der Waals surface area contributed by atoms with E-state index in [1.807, 2.05) is 9.58 Å². The second-order valence-electron chi connectivity index (χ2n) is 7.25. The van der Waals surface area contributed by atoms with Crippen molar-refractivity contribution in [2.75, 3.05) is 26.2 Å². The Labute approximate surface area is 163 Å². The minimum atomic E-state index is -0.214. The largest absolute Gasteiger partial charge is 0.376 e. The van der Waals surface area contributed by atoms with Crippen molar-refractivity contribution in [3.63, 3.8) is 0 Å². The highest BCUT2D eigenvalue weighted by atomic mass is 16.5. The number of hydrogen-bond acceptors (Lipinski definition) is 6. The van der Waals surface area contributed by atoms with E-state index in [4.69, 9.17) is 9.26 Å². The van der Waals surface area contributed by atoms with E-state index in [0.717, 1.165) is 37.2 Å². The number of amides is 2. The van der Waals surface area contributed by atoms with Crippen LogP contribution >= 0.6 is 0 Å². The van der Waals surface area contributed by atoms with Gasteiger partial charge in [-0.15, -0.1) is 0 Å². The highest BCUT2D eigenvalue weighted by Gasteiger charge is 2.29. The second-order valence-corrected chi connectivity index (χ2v) is 7.25. The van der Waals surface area contributed by atoms with E-state index in [1.165, 1.54) is 0 Å². The molecular formula is C19H25N5O4. The van der Waals surface area contributed by atoms with Crippen LogP contribution in [0, 0.1) is 13.8 Å². The average molecular weight is 387 g/mol. The van der Waals surface area contributed by atoms with E-state index in [-0.39, 0.29) is 11.8 Å². The van der Waals surface area contributed by atoms with Crippen molar-refractivity contribution in [1.29, 1.82) is 0 Å². The number of aromatic nitrogens is 3. The fourth-order valence-corrected chi connectivity index (χ4v) is 3.91.